The quantitative estimate of drug-likeness (QED) is 0.256. The van der Waals surface area contributed by atoms with Crippen LogP contribution < -0.4 is 5.56 Å². The van der Waals surface area contributed by atoms with Gasteiger partial charge in [-0.2, -0.15) is 0 Å². The number of halogens is 4. The lowest BCUT2D eigenvalue weighted by Gasteiger charge is -2.13. The molecule has 2 aromatic heterocycles. The SMILES string of the molecule is O=c1ccc(C(=NOCc2cccnc2)c2ccc(F)cc2F)cn1-c1c(Cl)cccc1Cl. The molecule has 0 aliphatic heterocycles. The van der Waals surface area contributed by atoms with Gasteiger partial charge in [0.05, 0.1) is 15.7 Å². The van der Waals surface area contributed by atoms with Crippen molar-refractivity contribution < 1.29 is 13.6 Å². The molecule has 4 rings (SSSR count). The first-order valence-corrected chi connectivity index (χ1v) is 10.4. The minimum Gasteiger partial charge on any atom is -0.390 e. The summed E-state index contributed by atoms with van der Waals surface area (Å²) >= 11 is 12.5. The summed E-state index contributed by atoms with van der Waals surface area (Å²) in [6.45, 7) is 0.0656. The standard InChI is InChI=1S/C24H15Cl2F2N3O2/c25-19-4-1-5-20(26)24(19)31-13-16(6-9-22(31)32)23(18-8-7-17(27)11-21(18)28)30-33-14-15-3-2-10-29-12-15/h1-13H,14H2. The number of nitrogens with zero attached hydrogens (tertiary/aromatic N) is 3. The van der Waals surface area contributed by atoms with Gasteiger partial charge in [0, 0.05) is 47.4 Å². The number of hydrogen-bond acceptors (Lipinski definition) is 4. The van der Waals surface area contributed by atoms with Crippen LogP contribution >= 0.6 is 23.2 Å². The Hall–Kier alpha value is -3.55. The van der Waals surface area contributed by atoms with Gasteiger partial charge in [0.1, 0.15) is 24.0 Å². The van der Waals surface area contributed by atoms with Gasteiger partial charge in [-0.3, -0.25) is 14.3 Å². The third-order valence-corrected chi connectivity index (χ3v) is 5.27. The van der Waals surface area contributed by atoms with Crippen LogP contribution in [0.5, 0.6) is 0 Å². The van der Waals surface area contributed by atoms with Crippen molar-refractivity contribution in [1.82, 2.24) is 9.55 Å². The van der Waals surface area contributed by atoms with Gasteiger partial charge in [-0.1, -0.05) is 40.5 Å². The molecule has 33 heavy (non-hydrogen) atoms. The molecule has 0 aliphatic rings. The van der Waals surface area contributed by atoms with Crippen LogP contribution in [0.3, 0.4) is 0 Å². The van der Waals surface area contributed by atoms with E-state index in [1.807, 2.05) is 0 Å². The summed E-state index contributed by atoms with van der Waals surface area (Å²) in [4.78, 5) is 22.0. The van der Waals surface area contributed by atoms with Gasteiger partial charge in [0.2, 0.25) is 0 Å². The second-order valence-electron chi connectivity index (χ2n) is 6.90. The summed E-state index contributed by atoms with van der Waals surface area (Å²) < 4.78 is 29.4. The van der Waals surface area contributed by atoms with E-state index in [-0.39, 0.29) is 33.6 Å². The zero-order valence-corrected chi connectivity index (χ0v) is 18.4. The molecule has 4 aromatic rings. The molecule has 9 heteroatoms. The molecule has 0 fully saturated rings. The molecule has 0 unspecified atom stereocenters. The highest BCUT2D eigenvalue weighted by Crippen LogP contribution is 2.28. The van der Waals surface area contributed by atoms with Crippen LogP contribution in [-0.2, 0) is 11.4 Å². The zero-order chi connectivity index (χ0) is 23.4. The number of benzene rings is 2. The summed E-state index contributed by atoms with van der Waals surface area (Å²) in [6, 6.07) is 14.2. The average molecular weight is 486 g/mol. The zero-order valence-electron chi connectivity index (χ0n) is 16.9. The highest BCUT2D eigenvalue weighted by atomic mass is 35.5. The normalized spacial score (nSPS) is 11.5. The van der Waals surface area contributed by atoms with Gasteiger partial charge >= 0.3 is 0 Å². The van der Waals surface area contributed by atoms with Crippen LogP contribution in [0.2, 0.25) is 10.0 Å². The summed E-state index contributed by atoms with van der Waals surface area (Å²) in [7, 11) is 0. The Labute approximate surface area is 197 Å². The molecule has 2 heterocycles. The Morgan fingerprint density at radius 2 is 1.82 bits per heavy atom. The lowest BCUT2D eigenvalue weighted by molar-refractivity contribution is 0.130. The second-order valence-corrected chi connectivity index (χ2v) is 7.71. The van der Waals surface area contributed by atoms with Crippen LogP contribution in [-0.4, -0.2) is 15.3 Å². The lowest BCUT2D eigenvalue weighted by Crippen LogP contribution is -2.20. The molecule has 0 saturated heterocycles. The van der Waals surface area contributed by atoms with Crippen molar-refractivity contribution in [3.63, 3.8) is 0 Å². The summed E-state index contributed by atoms with van der Waals surface area (Å²) in [5, 5.41) is 4.61. The molecule has 166 valence electrons. The van der Waals surface area contributed by atoms with Gasteiger partial charge < -0.3 is 4.84 Å². The van der Waals surface area contributed by atoms with Crippen LogP contribution in [0.25, 0.3) is 5.69 Å². The lowest BCUT2D eigenvalue weighted by atomic mass is 10.0. The first-order chi connectivity index (χ1) is 15.9. The Balaban J connectivity index is 1.82. The number of hydrogen-bond donors (Lipinski definition) is 0. The molecule has 0 saturated carbocycles. The molecule has 0 bridgehead atoms. The number of para-hydroxylation sites is 1. The van der Waals surface area contributed by atoms with Gasteiger partial charge in [0.15, 0.2) is 0 Å². The number of rotatable bonds is 6. The number of pyridine rings is 2. The minimum atomic E-state index is -0.841. The maximum atomic E-state index is 14.7. The van der Waals surface area contributed by atoms with Crippen molar-refractivity contribution in [3.8, 4) is 5.69 Å². The van der Waals surface area contributed by atoms with E-state index in [4.69, 9.17) is 28.0 Å². The highest BCUT2D eigenvalue weighted by molar-refractivity contribution is 6.37. The maximum absolute atomic E-state index is 14.7. The first kappa shape index (κ1) is 22.6. The van der Waals surface area contributed by atoms with Crippen LogP contribution in [0, 0.1) is 11.6 Å². The Kier molecular flexibility index (Phi) is 6.82. The van der Waals surface area contributed by atoms with E-state index in [0.717, 1.165) is 17.7 Å². The maximum Gasteiger partial charge on any atom is 0.255 e. The Morgan fingerprint density at radius 3 is 2.52 bits per heavy atom. The minimum absolute atomic E-state index is 0.0157. The van der Waals surface area contributed by atoms with E-state index in [9.17, 15) is 13.6 Å². The second kappa shape index (κ2) is 9.94. The smallest absolute Gasteiger partial charge is 0.255 e. The van der Waals surface area contributed by atoms with Crippen molar-refractivity contribution in [2.75, 3.05) is 0 Å². The molecule has 0 amide bonds. The molecular weight excluding hydrogens is 471 g/mol. The fourth-order valence-electron chi connectivity index (χ4n) is 3.11. The molecule has 5 nitrogen and oxygen atoms in total. The van der Waals surface area contributed by atoms with E-state index in [0.29, 0.717) is 5.56 Å². The molecule has 0 aliphatic carbocycles. The summed E-state index contributed by atoms with van der Waals surface area (Å²) in [5.41, 5.74) is 0.952. The van der Waals surface area contributed by atoms with Crippen molar-refractivity contribution in [2.24, 2.45) is 5.16 Å². The highest BCUT2D eigenvalue weighted by Gasteiger charge is 2.17. The predicted octanol–water partition coefficient (Wildman–Crippen LogP) is 5.79. The third-order valence-electron chi connectivity index (χ3n) is 4.66. The van der Waals surface area contributed by atoms with E-state index >= 15 is 0 Å². The van der Waals surface area contributed by atoms with Gasteiger partial charge in [0.25, 0.3) is 5.56 Å². The largest absolute Gasteiger partial charge is 0.390 e. The van der Waals surface area contributed by atoms with Gasteiger partial charge in [-0.25, -0.2) is 8.78 Å². The van der Waals surface area contributed by atoms with E-state index in [1.165, 1.54) is 29.0 Å². The molecule has 0 atom stereocenters. The monoisotopic (exact) mass is 485 g/mol. The fourth-order valence-corrected chi connectivity index (χ4v) is 3.69. The molecule has 0 N–H and O–H groups in total. The van der Waals surface area contributed by atoms with Crippen LogP contribution in [0.1, 0.15) is 16.7 Å². The van der Waals surface area contributed by atoms with Crippen molar-refractivity contribution >= 4 is 28.9 Å². The van der Waals surface area contributed by atoms with Crippen LogP contribution in [0.4, 0.5) is 8.78 Å². The van der Waals surface area contributed by atoms with Crippen molar-refractivity contribution in [1.29, 1.82) is 0 Å². The molecular formula is C24H15Cl2F2N3O2. The Bertz CT molecular complexity index is 1370. The van der Waals surface area contributed by atoms with E-state index in [2.05, 4.69) is 10.1 Å². The summed E-state index contributed by atoms with van der Waals surface area (Å²) in [5.74, 6) is -1.58. The van der Waals surface area contributed by atoms with Crippen LogP contribution in [0.15, 0.2) is 89.2 Å². The van der Waals surface area contributed by atoms with E-state index in [1.54, 1.807) is 42.7 Å². The number of oxime groups is 1. The Morgan fingerprint density at radius 1 is 1.03 bits per heavy atom. The first-order valence-electron chi connectivity index (χ1n) is 9.66. The average Bonchev–Trinajstić information content (AvgIpc) is 2.79. The fraction of sp³-hybridized carbons (Fsp3) is 0.0417. The summed E-state index contributed by atoms with van der Waals surface area (Å²) in [6.07, 6.45) is 4.65. The topological polar surface area (TPSA) is 56.5 Å². The van der Waals surface area contributed by atoms with Crippen molar-refractivity contribution in [3.05, 3.63) is 128 Å². The van der Waals surface area contributed by atoms with E-state index < -0.39 is 17.2 Å². The number of aromatic nitrogens is 2. The molecule has 2 aromatic carbocycles. The molecule has 0 spiro atoms. The van der Waals surface area contributed by atoms with Gasteiger partial charge in [-0.05, 0) is 36.4 Å². The van der Waals surface area contributed by atoms with Crippen molar-refractivity contribution in [2.45, 2.75) is 6.61 Å². The predicted molar refractivity (Wildman–Crippen MR) is 123 cm³/mol. The molecule has 0 radical (unpaired) electrons. The third kappa shape index (κ3) is 5.10. The van der Waals surface area contributed by atoms with Gasteiger partial charge in [-0.15, -0.1) is 0 Å².